The van der Waals surface area contributed by atoms with E-state index in [1.807, 2.05) is 11.8 Å². The zero-order valence-electron chi connectivity index (χ0n) is 18.0. The number of hydrogen-bond donors (Lipinski definition) is 0. The van der Waals surface area contributed by atoms with Gasteiger partial charge in [0.15, 0.2) is 4.93 Å². The molecule has 0 saturated carbocycles. The van der Waals surface area contributed by atoms with E-state index in [0.29, 0.717) is 5.25 Å². The van der Waals surface area contributed by atoms with Crippen LogP contribution in [0, 0.1) is 5.92 Å². The summed E-state index contributed by atoms with van der Waals surface area (Å²) in [4.78, 5) is 2.27. The smallest absolute Gasteiger partial charge is 0.165 e. The number of benzene rings is 3. The molecular weight excluding hydrogens is 398 g/mol. The normalized spacial score (nSPS) is 21.9. The molecule has 0 bridgehead atoms. The number of nitrogens with zero attached hydrogens (tertiary/aromatic N) is 1. The third-order valence-electron chi connectivity index (χ3n) is 6.65. The van der Waals surface area contributed by atoms with Crippen molar-refractivity contribution in [2.45, 2.75) is 29.4 Å². The van der Waals surface area contributed by atoms with E-state index in [1.54, 1.807) is 0 Å². The summed E-state index contributed by atoms with van der Waals surface area (Å²) in [6, 6.07) is 32.4. The summed E-state index contributed by atoms with van der Waals surface area (Å²) >= 11 is 2.00. The van der Waals surface area contributed by atoms with Crippen molar-refractivity contribution >= 4 is 11.8 Å². The minimum Gasteiger partial charge on any atom is -0.355 e. The van der Waals surface area contributed by atoms with Crippen molar-refractivity contribution in [2.24, 2.45) is 5.92 Å². The highest BCUT2D eigenvalue weighted by Crippen LogP contribution is 2.51. The number of thioether (sulfide) groups is 1. The molecule has 31 heavy (non-hydrogen) atoms. The van der Waals surface area contributed by atoms with Gasteiger partial charge in [0, 0.05) is 11.8 Å². The Morgan fingerprint density at radius 2 is 1.32 bits per heavy atom. The molecule has 160 valence electrons. The number of rotatable bonds is 6. The molecule has 2 nitrogen and oxygen atoms in total. The van der Waals surface area contributed by atoms with Crippen molar-refractivity contribution in [3.05, 3.63) is 108 Å². The lowest BCUT2D eigenvalue weighted by Gasteiger charge is -2.34. The molecule has 3 aromatic rings. The van der Waals surface area contributed by atoms with Gasteiger partial charge in [0.2, 0.25) is 0 Å². The second kappa shape index (κ2) is 9.60. The lowest BCUT2D eigenvalue weighted by molar-refractivity contribution is 0.0676. The average molecular weight is 430 g/mol. The van der Waals surface area contributed by atoms with E-state index in [-0.39, 0.29) is 0 Å². The van der Waals surface area contributed by atoms with Crippen molar-refractivity contribution in [3.63, 3.8) is 0 Å². The molecule has 2 heterocycles. The Kier molecular flexibility index (Phi) is 6.45. The lowest BCUT2D eigenvalue weighted by Crippen LogP contribution is -2.38. The van der Waals surface area contributed by atoms with Gasteiger partial charge in [-0.2, -0.15) is 0 Å². The molecule has 1 atom stereocenters. The first kappa shape index (κ1) is 20.8. The highest BCUT2D eigenvalue weighted by atomic mass is 32.2. The fraction of sp³-hybridized carbons (Fsp3) is 0.357. The van der Waals surface area contributed by atoms with Crippen LogP contribution in [0.3, 0.4) is 0 Å². The molecule has 0 spiro atoms. The molecule has 3 heteroatoms. The average Bonchev–Trinajstić information content (AvgIpc) is 3.27. The van der Waals surface area contributed by atoms with Crippen LogP contribution in [0.1, 0.15) is 29.5 Å². The van der Waals surface area contributed by atoms with Gasteiger partial charge in [0.1, 0.15) is 0 Å². The van der Waals surface area contributed by atoms with Crippen LogP contribution in [-0.4, -0.2) is 36.4 Å². The highest BCUT2D eigenvalue weighted by Gasteiger charge is 2.44. The van der Waals surface area contributed by atoms with Crippen LogP contribution >= 0.6 is 11.8 Å². The molecular formula is C28H31NOS. The quantitative estimate of drug-likeness (QED) is 0.479. The lowest BCUT2D eigenvalue weighted by atomic mass is 9.90. The first-order chi connectivity index (χ1) is 15.3. The van der Waals surface area contributed by atoms with Crippen LogP contribution in [0.4, 0.5) is 0 Å². The van der Waals surface area contributed by atoms with E-state index in [9.17, 15) is 0 Å². The van der Waals surface area contributed by atoms with E-state index in [0.717, 1.165) is 19.1 Å². The van der Waals surface area contributed by atoms with Crippen LogP contribution in [-0.2, 0) is 16.1 Å². The van der Waals surface area contributed by atoms with E-state index < -0.39 is 4.93 Å². The minimum absolute atomic E-state index is 0.390. The highest BCUT2D eigenvalue weighted by molar-refractivity contribution is 8.01. The second-order valence-corrected chi connectivity index (χ2v) is 10.3. The van der Waals surface area contributed by atoms with Gasteiger partial charge in [0.25, 0.3) is 0 Å². The van der Waals surface area contributed by atoms with E-state index >= 15 is 0 Å². The maximum absolute atomic E-state index is 6.60. The molecule has 2 saturated heterocycles. The van der Waals surface area contributed by atoms with Crippen LogP contribution in [0.2, 0.25) is 0 Å². The van der Waals surface area contributed by atoms with E-state index in [1.165, 1.54) is 49.0 Å². The Labute approximate surface area is 190 Å². The van der Waals surface area contributed by atoms with Gasteiger partial charge in [0.05, 0.1) is 6.61 Å². The molecule has 0 amide bonds. The number of piperidine rings is 1. The first-order valence-corrected chi connectivity index (χ1v) is 12.4. The first-order valence-electron chi connectivity index (χ1n) is 11.5. The standard InChI is InChI=1S/C28H31NOS/c1-4-10-23(11-5-1)20-24-16-18-29(19-17-24)21-27-22-30-28(31-27,25-12-6-2-7-13-25)26-14-8-3-9-15-26/h1-15,24,27H,16-22H2. The molecule has 2 aliphatic rings. The third-order valence-corrected chi connectivity index (χ3v) is 8.19. The zero-order valence-corrected chi connectivity index (χ0v) is 18.8. The number of ether oxygens (including phenoxy) is 1. The van der Waals surface area contributed by atoms with Crippen LogP contribution < -0.4 is 0 Å². The topological polar surface area (TPSA) is 12.5 Å². The molecule has 5 rings (SSSR count). The SMILES string of the molecule is c1ccc(CC2CCN(CC3COC(c4ccccc4)(c4ccccc4)S3)CC2)cc1. The number of likely N-dealkylation sites (tertiary alicyclic amines) is 1. The minimum atomic E-state index is -0.390. The number of hydrogen-bond acceptors (Lipinski definition) is 3. The fourth-order valence-corrected chi connectivity index (χ4v) is 6.57. The maximum Gasteiger partial charge on any atom is 0.165 e. The van der Waals surface area contributed by atoms with Crippen molar-refractivity contribution in [1.82, 2.24) is 4.90 Å². The van der Waals surface area contributed by atoms with Gasteiger partial charge < -0.3 is 9.64 Å². The predicted molar refractivity (Wildman–Crippen MR) is 130 cm³/mol. The van der Waals surface area contributed by atoms with Crippen LogP contribution in [0.25, 0.3) is 0 Å². The van der Waals surface area contributed by atoms with Crippen LogP contribution in [0.15, 0.2) is 91.0 Å². The molecule has 0 radical (unpaired) electrons. The van der Waals surface area contributed by atoms with Crippen LogP contribution in [0.5, 0.6) is 0 Å². The molecule has 2 fully saturated rings. The van der Waals surface area contributed by atoms with E-state index in [2.05, 4.69) is 95.9 Å². The molecule has 0 aliphatic carbocycles. The van der Waals surface area contributed by atoms with Crippen molar-refractivity contribution in [3.8, 4) is 0 Å². The van der Waals surface area contributed by atoms with Crippen molar-refractivity contribution in [2.75, 3.05) is 26.2 Å². The Bertz CT molecular complexity index is 899. The summed E-state index contributed by atoms with van der Waals surface area (Å²) in [6.45, 7) is 4.33. The van der Waals surface area contributed by atoms with Crippen molar-refractivity contribution in [1.29, 1.82) is 0 Å². The third kappa shape index (κ3) is 4.74. The summed E-state index contributed by atoms with van der Waals surface area (Å²) in [5.74, 6) is 0.818. The fourth-order valence-electron chi connectivity index (χ4n) is 5.00. The van der Waals surface area contributed by atoms with Gasteiger partial charge in [-0.3, -0.25) is 0 Å². The Hall–Kier alpha value is -2.07. The predicted octanol–water partition coefficient (Wildman–Crippen LogP) is 5.97. The second-order valence-electron chi connectivity index (χ2n) is 8.83. The van der Waals surface area contributed by atoms with Crippen molar-refractivity contribution < 1.29 is 4.74 Å². The molecule has 2 aliphatic heterocycles. The van der Waals surface area contributed by atoms with E-state index in [4.69, 9.17) is 4.74 Å². The van der Waals surface area contributed by atoms with Gasteiger partial charge in [-0.05, 0) is 55.0 Å². The summed E-state index contributed by atoms with van der Waals surface area (Å²) in [5, 5.41) is 0.492. The monoisotopic (exact) mass is 429 g/mol. The summed E-state index contributed by atoms with van der Waals surface area (Å²) in [7, 11) is 0. The van der Waals surface area contributed by atoms with Gasteiger partial charge in [-0.25, -0.2) is 0 Å². The Balaban J connectivity index is 1.22. The molecule has 0 N–H and O–H groups in total. The van der Waals surface area contributed by atoms with Gasteiger partial charge in [-0.15, -0.1) is 11.8 Å². The molecule has 1 unspecified atom stereocenters. The molecule has 0 aromatic heterocycles. The summed E-state index contributed by atoms with van der Waals surface area (Å²) in [6.07, 6.45) is 3.83. The largest absolute Gasteiger partial charge is 0.355 e. The van der Waals surface area contributed by atoms with Gasteiger partial charge >= 0.3 is 0 Å². The Morgan fingerprint density at radius 1 is 0.774 bits per heavy atom. The Morgan fingerprint density at radius 3 is 1.90 bits per heavy atom. The zero-order chi connectivity index (χ0) is 20.9. The molecule has 3 aromatic carbocycles. The summed E-state index contributed by atoms with van der Waals surface area (Å²) < 4.78 is 6.60. The summed E-state index contributed by atoms with van der Waals surface area (Å²) in [5.41, 5.74) is 3.97. The maximum atomic E-state index is 6.60. The van der Waals surface area contributed by atoms with Gasteiger partial charge in [-0.1, -0.05) is 91.0 Å².